The SMILES string of the molecule is CCC(C)C(N)CSc1ccc(F)cc1F. The highest BCUT2D eigenvalue weighted by Gasteiger charge is 2.12. The van der Waals surface area contributed by atoms with Crippen molar-refractivity contribution in [3.05, 3.63) is 29.8 Å². The van der Waals surface area contributed by atoms with Crippen LogP contribution in [0.2, 0.25) is 0 Å². The number of thioether (sulfide) groups is 1. The largest absolute Gasteiger partial charge is 0.327 e. The summed E-state index contributed by atoms with van der Waals surface area (Å²) in [6, 6.07) is 3.66. The zero-order chi connectivity index (χ0) is 12.1. The first kappa shape index (κ1) is 13.5. The molecule has 0 amide bonds. The Kier molecular flexibility index (Phi) is 5.22. The molecule has 0 heterocycles. The third kappa shape index (κ3) is 3.76. The van der Waals surface area contributed by atoms with E-state index in [-0.39, 0.29) is 6.04 Å². The van der Waals surface area contributed by atoms with Gasteiger partial charge in [-0.2, -0.15) is 0 Å². The van der Waals surface area contributed by atoms with Gasteiger partial charge in [-0.1, -0.05) is 20.3 Å². The summed E-state index contributed by atoms with van der Waals surface area (Å²) >= 11 is 1.34. The molecule has 0 saturated heterocycles. The average molecular weight is 245 g/mol. The van der Waals surface area contributed by atoms with Gasteiger partial charge >= 0.3 is 0 Å². The summed E-state index contributed by atoms with van der Waals surface area (Å²) in [6.45, 7) is 4.15. The summed E-state index contributed by atoms with van der Waals surface area (Å²) in [5.74, 6) is 0.00261. The van der Waals surface area contributed by atoms with Gasteiger partial charge in [-0.15, -0.1) is 11.8 Å². The molecule has 1 aromatic carbocycles. The van der Waals surface area contributed by atoms with Crippen molar-refractivity contribution < 1.29 is 8.78 Å². The van der Waals surface area contributed by atoms with Crippen LogP contribution in [-0.2, 0) is 0 Å². The highest BCUT2D eigenvalue weighted by molar-refractivity contribution is 7.99. The summed E-state index contributed by atoms with van der Waals surface area (Å²) in [5.41, 5.74) is 5.94. The third-order valence-corrected chi connectivity index (χ3v) is 3.89. The van der Waals surface area contributed by atoms with Gasteiger partial charge in [0.25, 0.3) is 0 Å². The molecule has 1 rings (SSSR count). The van der Waals surface area contributed by atoms with Crippen LogP contribution in [0.3, 0.4) is 0 Å². The fraction of sp³-hybridized carbons (Fsp3) is 0.500. The molecule has 0 aliphatic rings. The molecule has 0 bridgehead atoms. The summed E-state index contributed by atoms with van der Waals surface area (Å²) in [4.78, 5) is 0.458. The summed E-state index contributed by atoms with van der Waals surface area (Å²) < 4.78 is 25.9. The molecule has 1 aromatic rings. The zero-order valence-corrected chi connectivity index (χ0v) is 10.4. The Bertz CT molecular complexity index is 344. The predicted octanol–water partition coefficient (Wildman–Crippen LogP) is 3.43. The predicted molar refractivity (Wildman–Crippen MR) is 64.5 cm³/mol. The van der Waals surface area contributed by atoms with Crippen LogP contribution in [0.15, 0.2) is 23.1 Å². The standard InChI is InChI=1S/C12H17F2NS/c1-3-8(2)11(15)7-16-12-5-4-9(13)6-10(12)14/h4-6,8,11H,3,7,15H2,1-2H3. The Morgan fingerprint density at radius 1 is 1.38 bits per heavy atom. The van der Waals surface area contributed by atoms with E-state index in [1.54, 1.807) is 0 Å². The molecule has 4 heteroatoms. The minimum Gasteiger partial charge on any atom is -0.327 e. The first-order valence-electron chi connectivity index (χ1n) is 5.38. The van der Waals surface area contributed by atoms with Gasteiger partial charge in [-0.3, -0.25) is 0 Å². The average Bonchev–Trinajstić information content (AvgIpc) is 2.26. The lowest BCUT2D eigenvalue weighted by Crippen LogP contribution is -2.30. The minimum atomic E-state index is -0.548. The van der Waals surface area contributed by atoms with Crippen molar-refractivity contribution in [1.82, 2.24) is 0 Å². The van der Waals surface area contributed by atoms with Crippen molar-refractivity contribution in [2.45, 2.75) is 31.2 Å². The van der Waals surface area contributed by atoms with Crippen LogP contribution in [0, 0.1) is 17.6 Å². The second kappa shape index (κ2) is 6.21. The van der Waals surface area contributed by atoms with Gasteiger partial charge < -0.3 is 5.73 Å². The van der Waals surface area contributed by atoms with Gasteiger partial charge in [-0.25, -0.2) is 8.78 Å². The number of hydrogen-bond donors (Lipinski definition) is 1. The molecular formula is C12H17F2NS. The molecule has 90 valence electrons. The number of halogens is 2. The number of benzene rings is 1. The van der Waals surface area contributed by atoms with Crippen molar-refractivity contribution in [2.75, 3.05) is 5.75 Å². The van der Waals surface area contributed by atoms with Crippen LogP contribution >= 0.6 is 11.8 Å². The topological polar surface area (TPSA) is 26.0 Å². The number of rotatable bonds is 5. The highest BCUT2D eigenvalue weighted by Crippen LogP contribution is 2.24. The van der Waals surface area contributed by atoms with Crippen molar-refractivity contribution in [2.24, 2.45) is 11.7 Å². The maximum Gasteiger partial charge on any atom is 0.139 e. The lowest BCUT2D eigenvalue weighted by Gasteiger charge is -2.17. The van der Waals surface area contributed by atoms with Crippen molar-refractivity contribution in [3.63, 3.8) is 0 Å². The van der Waals surface area contributed by atoms with E-state index >= 15 is 0 Å². The van der Waals surface area contributed by atoms with Gasteiger partial charge in [0, 0.05) is 22.8 Å². The van der Waals surface area contributed by atoms with Gasteiger partial charge in [0.1, 0.15) is 11.6 Å². The molecular weight excluding hydrogens is 228 g/mol. The van der Waals surface area contributed by atoms with E-state index < -0.39 is 11.6 Å². The van der Waals surface area contributed by atoms with E-state index in [4.69, 9.17) is 5.73 Å². The molecule has 0 spiro atoms. The first-order valence-corrected chi connectivity index (χ1v) is 6.36. The molecule has 0 aliphatic carbocycles. The molecule has 0 aromatic heterocycles. The van der Waals surface area contributed by atoms with Crippen LogP contribution in [0.1, 0.15) is 20.3 Å². The van der Waals surface area contributed by atoms with Crippen LogP contribution in [-0.4, -0.2) is 11.8 Å². The van der Waals surface area contributed by atoms with E-state index in [1.807, 2.05) is 0 Å². The van der Waals surface area contributed by atoms with Crippen LogP contribution < -0.4 is 5.73 Å². The molecule has 0 radical (unpaired) electrons. The quantitative estimate of drug-likeness (QED) is 0.804. The second-order valence-corrected chi connectivity index (χ2v) is 5.00. The summed E-state index contributed by atoms with van der Waals surface area (Å²) in [5, 5.41) is 0. The van der Waals surface area contributed by atoms with Crippen LogP contribution in [0.5, 0.6) is 0 Å². The van der Waals surface area contributed by atoms with Gasteiger partial charge in [0.2, 0.25) is 0 Å². The van der Waals surface area contributed by atoms with E-state index in [9.17, 15) is 8.78 Å². The molecule has 0 fully saturated rings. The Morgan fingerprint density at radius 2 is 2.06 bits per heavy atom. The maximum atomic E-state index is 13.3. The fourth-order valence-electron chi connectivity index (χ4n) is 1.25. The van der Waals surface area contributed by atoms with Crippen LogP contribution in [0.25, 0.3) is 0 Å². The molecule has 0 saturated carbocycles. The lowest BCUT2D eigenvalue weighted by molar-refractivity contribution is 0.475. The summed E-state index contributed by atoms with van der Waals surface area (Å²) in [6.07, 6.45) is 1.01. The lowest BCUT2D eigenvalue weighted by atomic mass is 10.0. The minimum absolute atomic E-state index is 0.0412. The molecule has 2 unspecified atom stereocenters. The second-order valence-electron chi connectivity index (χ2n) is 3.94. The van der Waals surface area contributed by atoms with Gasteiger partial charge in [0.15, 0.2) is 0 Å². The van der Waals surface area contributed by atoms with Gasteiger partial charge in [0.05, 0.1) is 0 Å². The maximum absolute atomic E-state index is 13.3. The van der Waals surface area contributed by atoms with Crippen molar-refractivity contribution in [3.8, 4) is 0 Å². The van der Waals surface area contributed by atoms with Crippen LogP contribution in [0.4, 0.5) is 8.78 Å². The molecule has 16 heavy (non-hydrogen) atoms. The van der Waals surface area contributed by atoms with Gasteiger partial charge in [-0.05, 0) is 18.1 Å². The molecule has 2 atom stereocenters. The Morgan fingerprint density at radius 3 is 2.62 bits per heavy atom. The Labute approximate surface area is 99.4 Å². The first-order chi connectivity index (χ1) is 7.54. The molecule has 1 nitrogen and oxygen atoms in total. The highest BCUT2D eigenvalue weighted by atomic mass is 32.2. The molecule has 2 N–H and O–H groups in total. The van der Waals surface area contributed by atoms with Crippen molar-refractivity contribution in [1.29, 1.82) is 0 Å². The fourth-order valence-corrected chi connectivity index (χ4v) is 2.31. The van der Waals surface area contributed by atoms with E-state index in [0.29, 0.717) is 16.6 Å². The zero-order valence-electron chi connectivity index (χ0n) is 9.54. The van der Waals surface area contributed by atoms with Crippen molar-refractivity contribution >= 4 is 11.8 Å². The van der Waals surface area contributed by atoms with E-state index in [0.717, 1.165) is 12.5 Å². The normalized spacial score (nSPS) is 14.8. The Hall–Kier alpha value is -0.610. The monoisotopic (exact) mass is 245 g/mol. The number of hydrogen-bond acceptors (Lipinski definition) is 2. The number of nitrogens with two attached hydrogens (primary N) is 1. The third-order valence-electron chi connectivity index (χ3n) is 2.70. The molecule has 0 aliphatic heterocycles. The Balaban J connectivity index is 2.54. The smallest absolute Gasteiger partial charge is 0.139 e. The van der Waals surface area contributed by atoms with E-state index in [2.05, 4.69) is 13.8 Å². The summed E-state index contributed by atoms with van der Waals surface area (Å²) in [7, 11) is 0. The van der Waals surface area contributed by atoms with E-state index in [1.165, 1.54) is 23.9 Å².